The molecule has 1 aliphatic heterocycles. The summed E-state index contributed by atoms with van der Waals surface area (Å²) < 4.78 is 22.5. The highest BCUT2D eigenvalue weighted by Crippen LogP contribution is 2.45. The molecule has 7 nitrogen and oxygen atoms in total. The van der Waals surface area contributed by atoms with Gasteiger partial charge in [0.1, 0.15) is 11.3 Å². The SMILES string of the molecule is COc1cccc([C@@H]2c3c(oc4ccccc4c3=O)C(=O)N2Cc2ccco2)c1OC. The van der Waals surface area contributed by atoms with Crippen LogP contribution in [-0.4, -0.2) is 25.0 Å². The standard InChI is InChI=1S/C24H19NO6/c1-28-18-11-5-9-16(22(18)29-2)20-19-21(26)15-8-3-4-10-17(15)31-23(19)24(27)25(20)13-14-7-6-12-30-14/h3-12,20H,13H2,1-2H3/t20-/m1/s1. The van der Waals surface area contributed by atoms with Crippen molar-refractivity contribution < 1.29 is 23.1 Å². The monoisotopic (exact) mass is 417 g/mol. The largest absolute Gasteiger partial charge is 0.493 e. The van der Waals surface area contributed by atoms with Crippen LogP contribution < -0.4 is 14.9 Å². The lowest BCUT2D eigenvalue weighted by molar-refractivity contribution is 0.0699. The summed E-state index contributed by atoms with van der Waals surface area (Å²) in [5, 5.41) is 0.417. The Morgan fingerprint density at radius 1 is 0.968 bits per heavy atom. The molecule has 7 heteroatoms. The molecule has 3 heterocycles. The van der Waals surface area contributed by atoms with Crippen molar-refractivity contribution in [1.29, 1.82) is 0 Å². The van der Waals surface area contributed by atoms with E-state index in [1.165, 1.54) is 14.2 Å². The van der Waals surface area contributed by atoms with Gasteiger partial charge in [0, 0.05) is 5.56 Å². The summed E-state index contributed by atoms with van der Waals surface area (Å²) in [5.41, 5.74) is 1.03. The van der Waals surface area contributed by atoms with Gasteiger partial charge in [-0.05, 0) is 30.3 Å². The Labute approximate surface area is 177 Å². The highest BCUT2D eigenvalue weighted by atomic mass is 16.5. The van der Waals surface area contributed by atoms with E-state index in [0.717, 1.165) is 0 Å². The summed E-state index contributed by atoms with van der Waals surface area (Å²) >= 11 is 0. The molecule has 0 unspecified atom stereocenters. The van der Waals surface area contributed by atoms with Gasteiger partial charge in [-0.2, -0.15) is 0 Å². The molecule has 0 bridgehead atoms. The van der Waals surface area contributed by atoms with Crippen LogP contribution in [0, 0.1) is 0 Å². The van der Waals surface area contributed by atoms with Crippen molar-refractivity contribution in [2.24, 2.45) is 0 Å². The number of hydrogen-bond acceptors (Lipinski definition) is 6. The highest BCUT2D eigenvalue weighted by molar-refractivity contribution is 5.99. The maximum absolute atomic E-state index is 13.5. The molecule has 1 atom stereocenters. The topological polar surface area (TPSA) is 82.1 Å². The van der Waals surface area contributed by atoms with Crippen molar-refractivity contribution in [2.45, 2.75) is 12.6 Å². The van der Waals surface area contributed by atoms with Gasteiger partial charge in [0.2, 0.25) is 5.76 Å². The summed E-state index contributed by atoms with van der Waals surface area (Å²) in [5.74, 6) is 1.19. The molecule has 1 amide bonds. The summed E-state index contributed by atoms with van der Waals surface area (Å²) in [6.45, 7) is 0.164. The van der Waals surface area contributed by atoms with Crippen LogP contribution in [0.1, 0.15) is 33.5 Å². The van der Waals surface area contributed by atoms with Gasteiger partial charge < -0.3 is 23.2 Å². The number of furan rings is 1. The Hall–Kier alpha value is -4.00. The fourth-order valence-electron chi connectivity index (χ4n) is 4.15. The third-order valence-corrected chi connectivity index (χ3v) is 5.51. The second-order valence-corrected chi connectivity index (χ2v) is 7.17. The van der Waals surface area contributed by atoms with Crippen molar-refractivity contribution >= 4 is 16.9 Å². The minimum atomic E-state index is -0.724. The Kier molecular flexibility index (Phi) is 4.51. The molecule has 5 rings (SSSR count). The van der Waals surface area contributed by atoms with Crippen molar-refractivity contribution in [3.63, 3.8) is 0 Å². The van der Waals surface area contributed by atoms with Gasteiger partial charge in [0.15, 0.2) is 16.9 Å². The second-order valence-electron chi connectivity index (χ2n) is 7.17. The van der Waals surface area contributed by atoms with E-state index >= 15 is 0 Å². The molecule has 0 saturated carbocycles. The number of para-hydroxylation sites is 2. The van der Waals surface area contributed by atoms with Gasteiger partial charge in [-0.15, -0.1) is 0 Å². The first-order valence-electron chi connectivity index (χ1n) is 9.74. The van der Waals surface area contributed by atoms with Crippen molar-refractivity contribution in [1.82, 2.24) is 4.90 Å². The molecule has 31 heavy (non-hydrogen) atoms. The normalized spacial score (nSPS) is 15.4. The van der Waals surface area contributed by atoms with E-state index in [1.807, 2.05) is 6.07 Å². The zero-order valence-corrected chi connectivity index (χ0v) is 17.0. The second kappa shape index (κ2) is 7.36. The predicted molar refractivity (Wildman–Crippen MR) is 112 cm³/mol. The molecule has 4 aromatic rings. The van der Waals surface area contributed by atoms with Crippen LogP contribution in [-0.2, 0) is 6.54 Å². The molecular weight excluding hydrogens is 398 g/mol. The molecule has 1 aliphatic rings. The number of nitrogens with zero attached hydrogens (tertiary/aromatic N) is 1. The first-order chi connectivity index (χ1) is 15.1. The lowest BCUT2D eigenvalue weighted by Crippen LogP contribution is -2.29. The summed E-state index contributed by atoms with van der Waals surface area (Å²) in [6, 6.07) is 15.1. The number of carbonyl (C=O) groups is 1. The molecular formula is C24H19NO6. The van der Waals surface area contributed by atoms with Gasteiger partial charge in [-0.25, -0.2) is 0 Å². The summed E-state index contributed by atoms with van der Waals surface area (Å²) in [7, 11) is 3.07. The fraction of sp³-hybridized carbons (Fsp3) is 0.167. The average molecular weight is 417 g/mol. The van der Waals surface area contributed by atoms with Crippen LogP contribution in [0.3, 0.4) is 0 Å². The van der Waals surface area contributed by atoms with Crippen LogP contribution >= 0.6 is 0 Å². The lowest BCUT2D eigenvalue weighted by Gasteiger charge is -2.26. The van der Waals surface area contributed by atoms with E-state index in [1.54, 1.807) is 59.7 Å². The zero-order valence-electron chi connectivity index (χ0n) is 17.0. The van der Waals surface area contributed by atoms with Crippen LogP contribution in [0.4, 0.5) is 0 Å². The Morgan fingerprint density at radius 2 is 1.81 bits per heavy atom. The Bertz CT molecular complexity index is 1340. The fourth-order valence-corrected chi connectivity index (χ4v) is 4.15. The number of rotatable bonds is 5. The van der Waals surface area contributed by atoms with Gasteiger partial charge >= 0.3 is 0 Å². The molecule has 2 aromatic carbocycles. The zero-order chi connectivity index (χ0) is 21.5. The number of fused-ring (bicyclic) bond motifs is 2. The summed E-state index contributed by atoms with van der Waals surface area (Å²) in [4.78, 5) is 28.5. The number of methoxy groups -OCH3 is 2. The van der Waals surface area contributed by atoms with Crippen LogP contribution in [0.5, 0.6) is 11.5 Å². The summed E-state index contributed by atoms with van der Waals surface area (Å²) in [6.07, 6.45) is 1.54. The van der Waals surface area contributed by atoms with Crippen molar-refractivity contribution in [3.8, 4) is 11.5 Å². The van der Waals surface area contributed by atoms with Gasteiger partial charge in [-0.1, -0.05) is 24.3 Å². The van der Waals surface area contributed by atoms with Crippen molar-refractivity contribution in [3.05, 3.63) is 93.7 Å². The first kappa shape index (κ1) is 19.0. The van der Waals surface area contributed by atoms with Crippen LogP contribution in [0.25, 0.3) is 11.0 Å². The minimum absolute atomic E-state index is 0.0325. The number of hydrogen-bond donors (Lipinski definition) is 0. The van der Waals surface area contributed by atoms with E-state index in [0.29, 0.717) is 33.8 Å². The van der Waals surface area contributed by atoms with E-state index in [4.69, 9.17) is 18.3 Å². The molecule has 0 fully saturated rings. The average Bonchev–Trinajstić information content (AvgIpc) is 3.41. The van der Waals surface area contributed by atoms with Crippen molar-refractivity contribution in [2.75, 3.05) is 14.2 Å². The molecule has 0 radical (unpaired) electrons. The van der Waals surface area contributed by atoms with E-state index in [2.05, 4.69) is 0 Å². The number of amides is 1. The van der Waals surface area contributed by atoms with Gasteiger partial charge in [0.25, 0.3) is 5.91 Å². The maximum Gasteiger partial charge on any atom is 0.291 e. The van der Waals surface area contributed by atoms with E-state index in [9.17, 15) is 9.59 Å². The third-order valence-electron chi connectivity index (χ3n) is 5.51. The number of carbonyl (C=O) groups excluding carboxylic acids is 1. The predicted octanol–water partition coefficient (Wildman–Crippen LogP) is 4.15. The van der Waals surface area contributed by atoms with Gasteiger partial charge in [0.05, 0.1) is 44.0 Å². The first-order valence-corrected chi connectivity index (χ1v) is 9.74. The molecule has 156 valence electrons. The molecule has 2 aromatic heterocycles. The maximum atomic E-state index is 13.5. The van der Waals surface area contributed by atoms with E-state index in [-0.39, 0.29) is 29.2 Å². The van der Waals surface area contributed by atoms with Crippen LogP contribution in [0.15, 0.2) is 74.5 Å². The number of ether oxygens (including phenoxy) is 2. The Balaban J connectivity index is 1.79. The van der Waals surface area contributed by atoms with Gasteiger partial charge in [-0.3, -0.25) is 9.59 Å². The number of benzene rings is 2. The lowest BCUT2D eigenvalue weighted by atomic mass is 9.97. The Morgan fingerprint density at radius 3 is 2.55 bits per heavy atom. The minimum Gasteiger partial charge on any atom is -0.493 e. The highest BCUT2D eigenvalue weighted by Gasteiger charge is 2.44. The molecule has 0 saturated heterocycles. The molecule has 0 spiro atoms. The smallest absolute Gasteiger partial charge is 0.291 e. The molecule has 0 N–H and O–H groups in total. The van der Waals surface area contributed by atoms with E-state index < -0.39 is 6.04 Å². The van der Waals surface area contributed by atoms with Crippen LogP contribution in [0.2, 0.25) is 0 Å². The third kappa shape index (κ3) is 2.89. The molecule has 0 aliphatic carbocycles. The quantitative estimate of drug-likeness (QED) is 0.485.